The summed E-state index contributed by atoms with van der Waals surface area (Å²) in [6, 6.07) is 6.20. The van der Waals surface area contributed by atoms with Gasteiger partial charge in [0.25, 0.3) is 0 Å². The second kappa shape index (κ2) is 8.01. The molecule has 0 atom stereocenters. The number of nitrogens with zero attached hydrogens (tertiary/aromatic N) is 1. The molecule has 0 amide bonds. The molecule has 1 aromatic rings. The second-order valence-corrected chi connectivity index (χ2v) is 7.19. The van der Waals surface area contributed by atoms with Gasteiger partial charge in [0.2, 0.25) is 0 Å². The van der Waals surface area contributed by atoms with E-state index in [2.05, 4.69) is 73.1 Å². The van der Waals surface area contributed by atoms with Gasteiger partial charge in [-0.3, -0.25) is 0 Å². The van der Waals surface area contributed by atoms with Crippen LogP contribution in [0.15, 0.2) is 22.7 Å². The zero-order valence-corrected chi connectivity index (χ0v) is 14.9. The summed E-state index contributed by atoms with van der Waals surface area (Å²) in [5, 5.41) is 3.51. The maximum atomic E-state index is 5.97. The summed E-state index contributed by atoms with van der Waals surface area (Å²) in [5.74, 6) is 0.961. The lowest BCUT2D eigenvalue weighted by Gasteiger charge is -2.22. The first kappa shape index (κ1) is 17.5. The molecule has 0 spiro atoms. The highest BCUT2D eigenvalue weighted by Crippen LogP contribution is 2.29. The van der Waals surface area contributed by atoms with Crippen LogP contribution in [-0.2, 0) is 6.54 Å². The fourth-order valence-corrected chi connectivity index (χ4v) is 2.29. The summed E-state index contributed by atoms with van der Waals surface area (Å²) in [6.45, 7) is 9.10. The molecule has 0 aliphatic rings. The lowest BCUT2D eigenvalue weighted by atomic mass is 10.1. The van der Waals surface area contributed by atoms with Gasteiger partial charge in [0.05, 0.1) is 11.1 Å². The van der Waals surface area contributed by atoms with Crippen molar-refractivity contribution in [1.82, 2.24) is 10.2 Å². The maximum Gasteiger partial charge on any atom is 0.137 e. The second-order valence-electron chi connectivity index (χ2n) is 6.34. The van der Waals surface area contributed by atoms with Gasteiger partial charge >= 0.3 is 0 Å². The predicted octanol–water partition coefficient (Wildman–Crippen LogP) is 3.67. The van der Waals surface area contributed by atoms with Crippen LogP contribution in [0.1, 0.15) is 32.8 Å². The number of ether oxygens (including phenoxy) is 1. The Labute approximate surface area is 131 Å². The van der Waals surface area contributed by atoms with Gasteiger partial charge in [-0.1, -0.05) is 12.1 Å². The monoisotopic (exact) mass is 342 g/mol. The van der Waals surface area contributed by atoms with E-state index < -0.39 is 0 Å². The quantitative estimate of drug-likeness (QED) is 0.765. The third-order valence-corrected chi connectivity index (χ3v) is 3.48. The molecule has 0 radical (unpaired) electrons. The molecule has 0 unspecified atom stereocenters. The molecule has 0 aromatic heterocycles. The summed E-state index contributed by atoms with van der Waals surface area (Å²) < 4.78 is 6.99. The minimum atomic E-state index is 0.102. The SMILES string of the molecule is CN(C)CCCOc1c(Br)cccc1CNC(C)(C)C. The van der Waals surface area contributed by atoms with Gasteiger partial charge in [0.15, 0.2) is 0 Å². The van der Waals surface area contributed by atoms with E-state index in [1.807, 2.05) is 6.07 Å². The lowest BCUT2D eigenvalue weighted by molar-refractivity contribution is 0.276. The molecule has 20 heavy (non-hydrogen) atoms. The number of rotatable bonds is 7. The molecular weight excluding hydrogens is 316 g/mol. The van der Waals surface area contributed by atoms with E-state index in [0.29, 0.717) is 0 Å². The van der Waals surface area contributed by atoms with Crippen LogP contribution in [-0.4, -0.2) is 37.7 Å². The van der Waals surface area contributed by atoms with E-state index in [0.717, 1.165) is 36.3 Å². The van der Waals surface area contributed by atoms with Crippen molar-refractivity contribution in [3.05, 3.63) is 28.2 Å². The Hall–Kier alpha value is -0.580. The average molecular weight is 343 g/mol. The van der Waals surface area contributed by atoms with Crippen molar-refractivity contribution in [3.63, 3.8) is 0 Å². The average Bonchev–Trinajstić information content (AvgIpc) is 2.32. The van der Waals surface area contributed by atoms with Crippen molar-refractivity contribution in [2.45, 2.75) is 39.3 Å². The van der Waals surface area contributed by atoms with E-state index in [9.17, 15) is 0 Å². The molecule has 1 rings (SSSR count). The summed E-state index contributed by atoms with van der Waals surface area (Å²) in [4.78, 5) is 2.17. The Balaban J connectivity index is 2.63. The van der Waals surface area contributed by atoms with Gasteiger partial charge in [-0.05, 0) is 63.3 Å². The highest BCUT2D eigenvalue weighted by Gasteiger charge is 2.12. The zero-order chi connectivity index (χ0) is 15.2. The van der Waals surface area contributed by atoms with Gasteiger partial charge in [0.1, 0.15) is 5.75 Å². The normalized spacial score (nSPS) is 11.9. The Morgan fingerprint density at radius 3 is 2.55 bits per heavy atom. The number of para-hydroxylation sites is 1. The lowest BCUT2D eigenvalue weighted by Crippen LogP contribution is -2.35. The molecular formula is C16H27BrN2O. The number of benzene rings is 1. The summed E-state index contributed by atoms with van der Waals surface area (Å²) in [6.07, 6.45) is 1.03. The summed E-state index contributed by atoms with van der Waals surface area (Å²) in [5.41, 5.74) is 1.30. The molecule has 0 aliphatic carbocycles. The van der Waals surface area contributed by atoms with Crippen LogP contribution in [0.2, 0.25) is 0 Å². The molecule has 4 heteroatoms. The molecule has 0 heterocycles. The van der Waals surface area contributed by atoms with Crippen LogP contribution in [0.5, 0.6) is 5.75 Å². The molecule has 0 saturated heterocycles. The zero-order valence-electron chi connectivity index (χ0n) is 13.3. The summed E-state index contributed by atoms with van der Waals surface area (Å²) >= 11 is 3.59. The number of hydrogen-bond donors (Lipinski definition) is 1. The van der Waals surface area contributed by atoms with Crippen LogP contribution >= 0.6 is 15.9 Å². The molecule has 1 aromatic carbocycles. The van der Waals surface area contributed by atoms with E-state index >= 15 is 0 Å². The van der Waals surface area contributed by atoms with Crippen LogP contribution in [0.4, 0.5) is 0 Å². The number of halogens is 1. The molecule has 0 saturated carbocycles. The van der Waals surface area contributed by atoms with Crippen molar-refractivity contribution in [1.29, 1.82) is 0 Å². The fourth-order valence-electron chi connectivity index (χ4n) is 1.77. The standard InChI is InChI=1S/C16H27BrN2O/c1-16(2,3)18-12-13-8-6-9-14(17)15(13)20-11-7-10-19(4)5/h6,8-9,18H,7,10-12H2,1-5H3. The van der Waals surface area contributed by atoms with Crippen LogP contribution in [0.3, 0.4) is 0 Å². The minimum Gasteiger partial charge on any atom is -0.492 e. The number of hydrogen-bond acceptors (Lipinski definition) is 3. The maximum absolute atomic E-state index is 5.97. The molecule has 114 valence electrons. The fraction of sp³-hybridized carbons (Fsp3) is 0.625. The van der Waals surface area contributed by atoms with E-state index in [-0.39, 0.29) is 5.54 Å². The third-order valence-electron chi connectivity index (χ3n) is 2.85. The van der Waals surface area contributed by atoms with Crippen molar-refractivity contribution >= 4 is 15.9 Å². The smallest absolute Gasteiger partial charge is 0.137 e. The molecule has 0 aliphatic heterocycles. The molecule has 0 fully saturated rings. The van der Waals surface area contributed by atoms with Crippen LogP contribution in [0, 0.1) is 0 Å². The first-order valence-electron chi connectivity index (χ1n) is 7.09. The van der Waals surface area contributed by atoms with E-state index in [4.69, 9.17) is 4.74 Å². The highest BCUT2D eigenvalue weighted by atomic mass is 79.9. The molecule has 1 N–H and O–H groups in total. The van der Waals surface area contributed by atoms with E-state index in [1.165, 1.54) is 5.56 Å². The largest absolute Gasteiger partial charge is 0.492 e. The topological polar surface area (TPSA) is 24.5 Å². The van der Waals surface area contributed by atoms with Gasteiger partial charge in [0, 0.05) is 24.2 Å². The first-order chi connectivity index (χ1) is 9.29. The van der Waals surface area contributed by atoms with Gasteiger partial charge < -0.3 is 15.0 Å². The number of nitrogens with one attached hydrogen (secondary N) is 1. The van der Waals surface area contributed by atoms with Gasteiger partial charge in [-0.25, -0.2) is 0 Å². The summed E-state index contributed by atoms with van der Waals surface area (Å²) in [7, 11) is 4.16. The van der Waals surface area contributed by atoms with E-state index in [1.54, 1.807) is 0 Å². The van der Waals surface area contributed by atoms with Gasteiger partial charge in [-0.2, -0.15) is 0 Å². The third kappa shape index (κ3) is 6.73. The van der Waals surface area contributed by atoms with Crippen molar-refractivity contribution in [3.8, 4) is 5.75 Å². The van der Waals surface area contributed by atoms with Crippen molar-refractivity contribution < 1.29 is 4.74 Å². The molecule has 3 nitrogen and oxygen atoms in total. The highest BCUT2D eigenvalue weighted by molar-refractivity contribution is 9.10. The Kier molecular flexibility index (Phi) is 7.00. The van der Waals surface area contributed by atoms with Crippen LogP contribution in [0.25, 0.3) is 0 Å². The Morgan fingerprint density at radius 1 is 1.25 bits per heavy atom. The Bertz CT molecular complexity index is 413. The van der Waals surface area contributed by atoms with Crippen LogP contribution < -0.4 is 10.1 Å². The first-order valence-corrected chi connectivity index (χ1v) is 7.89. The van der Waals surface area contributed by atoms with Gasteiger partial charge in [-0.15, -0.1) is 0 Å². The Morgan fingerprint density at radius 2 is 1.95 bits per heavy atom. The van der Waals surface area contributed by atoms with Crippen molar-refractivity contribution in [2.24, 2.45) is 0 Å². The minimum absolute atomic E-state index is 0.102. The predicted molar refractivity (Wildman–Crippen MR) is 89.4 cm³/mol. The van der Waals surface area contributed by atoms with Crippen molar-refractivity contribution in [2.75, 3.05) is 27.2 Å². The molecule has 0 bridgehead atoms.